The molecule has 1 aromatic rings. The first-order valence-corrected chi connectivity index (χ1v) is 7.16. The third-order valence-electron chi connectivity index (χ3n) is 2.67. The summed E-state index contributed by atoms with van der Waals surface area (Å²) in [5.74, 6) is 1.75. The van der Waals surface area contributed by atoms with Crippen LogP contribution >= 0.6 is 11.6 Å². The van der Waals surface area contributed by atoms with Gasteiger partial charge in [0.1, 0.15) is 0 Å². The molecular weight excluding hydrogens is 276 g/mol. The minimum Gasteiger partial charge on any atom is -0.347 e. The number of nitrogens with zero attached hydrogens (tertiary/aromatic N) is 6. The maximum Gasteiger partial charge on any atom is 0.231 e. The van der Waals surface area contributed by atoms with Crippen LogP contribution in [0.5, 0.6) is 0 Å². The van der Waals surface area contributed by atoms with E-state index in [9.17, 15) is 0 Å². The van der Waals surface area contributed by atoms with Gasteiger partial charge in [-0.1, -0.05) is 13.8 Å². The Morgan fingerprint density at radius 2 is 1.55 bits per heavy atom. The predicted molar refractivity (Wildman–Crippen MR) is 84.8 cm³/mol. The average Bonchev–Trinajstić information content (AvgIpc) is 2.32. The van der Waals surface area contributed by atoms with E-state index in [2.05, 4.69) is 52.7 Å². The van der Waals surface area contributed by atoms with Gasteiger partial charge in [0, 0.05) is 33.7 Å². The standard InChI is InChI=1S/C13H25ClN6/c1-10(2)9-20(8-7-18(3)4)13-16-11(14)15-12(17-13)19(5)6/h10H,7-9H2,1-6H3. The number of hydrogen-bond acceptors (Lipinski definition) is 6. The quantitative estimate of drug-likeness (QED) is 0.762. The van der Waals surface area contributed by atoms with Gasteiger partial charge in [-0.05, 0) is 31.6 Å². The van der Waals surface area contributed by atoms with Crippen molar-refractivity contribution in [1.29, 1.82) is 0 Å². The van der Waals surface area contributed by atoms with Gasteiger partial charge in [-0.2, -0.15) is 15.0 Å². The number of rotatable bonds is 7. The van der Waals surface area contributed by atoms with Gasteiger partial charge in [0.25, 0.3) is 0 Å². The van der Waals surface area contributed by atoms with E-state index in [-0.39, 0.29) is 5.28 Å². The molecule has 20 heavy (non-hydrogen) atoms. The predicted octanol–water partition coefficient (Wildman–Crippen LogP) is 1.61. The maximum absolute atomic E-state index is 6.01. The summed E-state index contributed by atoms with van der Waals surface area (Å²) < 4.78 is 0. The summed E-state index contributed by atoms with van der Waals surface area (Å²) in [4.78, 5) is 19.0. The van der Waals surface area contributed by atoms with Gasteiger partial charge >= 0.3 is 0 Å². The van der Waals surface area contributed by atoms with E-state index in [1.165, 1.54) is 0 Å². The molecule has 0 aromatic carbocycles. The van der Waals surface area contributed by atoms with Gasteiger partial charge in [0.15, 0.2) is 0 Å². The highest BCUT2D eigenvalue weighted by Gasteiger charge is 2.15. The van der Waals surface area contributed by atoms with Crippen LogP contribution in [-0.4, -0.2) is 67.7 Å². The zero-order valence-corrected chi connectivity index (χ0v) is 14.0. The van der Waals surface area contributed by atoms with Crippen molar-refractivity contribution >= 4 is 23.5 Å². The molecule has 0 saturated heterocycles. The lowest BCUT2D eigenvalue weighted by Crippen LogP contribution is -2.36. The van der Waals surface area contributed by atoms with Crippen molar-refractivity contribution in [2.45, 2.75) is 13.8 Å². The van der Waals surface area contributed by atoms with E-state index >= 15 is 0 Å². The summed E-state index contributed by atoms with van der Waals surface area (Å²) in [5.41, 5.74) is 0. The fourth-order valence-electron chi connectivity index (χ4n) is 1.71. The summed E-state index contributed by atoms with van der Waals surface area (Å²) in [6, 6.07) is 0. The average molecular weight is 301 g/mol. The lowest BCUT2D eigenvalue weighted by Gasteiger charge is -2.26. The highest BCUT2D eigenvalue weighted by molar-refractivity contribution is 6.28. The summed E-state index contributed by atoms with van der Waals surface area (Å²) in [5, 5.41) is 0.234. The first kappa shape index (κ1) is 16.9. The van der Waals surface area contributed by atoms with Crippen molar-refractivity contribution in [3.8, 4) is 0 Å². The molecule has 0 atom stereocenters. The SMILES string of the molecule is CC(C)CN(CCN(C)C)c1nc(Cl)nc(N(C)C)n1. The fraction of sp³-hybridized carbons (Fsp3) is 0.769. The maximum atomic E-state index is 6.01. The van der Waals surface area contributed by atoms with Crippen LogP contribution < -0.4 is 9.80 Å². The minimum atomic E-state index is 0.234. The van der Waals surface area contributed by atoms with Crippen LogP contribution in [0.4, 0.5) is 11.9 Å². The van der Waals surface area contributed by atoms with Gasteiger partial charge in [-0.15, -0.1) is 0 Å². The fourth-order valence-corrected chi connectivity index (χ4v) is 1.86. The van der Waals surface area contributed by atoms with Crippen molar-refractivity contribution in [2.75, 3.05) is 57.6 Å². The first-order chi connectivity index (χ1) is 9.29. The van der Waals surface area contributed by atoms with Crippen LogP contribution in [0.3, 0.4) is 0 Å². The van der Waals surface area contributed by atoms with E-state index in [1.54, 1.807) is 0 Å². The van der Waals surface area contributed by atoms with E-state index in [4.69, 9.17) is 11.6 Å². The monoisotopic (exact) mass is 300 g/mol. The zero-order valence-electron chi connectivity index (χ0n) is 13.3. The van der Waals surface area contributed by atoms with Crippen molar-refractivity contribution in [2.24, 2.45) is 5.92 Å². The molecule has 0 bridgehead atoms. The molecule has 0 fully saturated rings. The molecule has 0 aliphatic rings. The van der Waals surface area contributed by atoms with Gasteiger partial charge in [-0.25, -0.2) is 0 Å². The van der Waals surface area contributed by atoms with Crippen molar-refractivity contribution in [3.63, 3.8) is 0 Å². The summed E-state index contributed by atoms with van der Waals surface area (Å²) in [6.45, 7) is 7.05. The normalized spacial score (nSPS) is 11.2. The van der Waals surface area contributed by atoms with Gasteiger partial charge in [-0.3, -0.25) is 0 Å². The van der Waals surface area contributed by atoms with E-state index in [1.807, 2.05) is 19.0 Å². The third-order valence-corrected chi connectivity index (χ3v) is 2.84. The molecule has 114 valence electrons. The Hall–Kier alpha value is -1.14. The Balaban J connectivity index is 2.99. The Kier molecular flexibility index (Phi) is 6.42. The first-order valence-electron chi connectivity index (χ1n) is 6.78. The molecule has 1 aromatic heterocycles. The topological polar surface area (TPSA) is 48.4 Å². The van der Waals surface area contributed by atoms with Crippen LogP contribution in [-0.2, 0) is 0 Å². The Bertz CT molecular complexity index is 421. The number of anilines is 2. The summed E-state index contributed by atoms with van der Waals surface area (Å²) in [7, 11) is 7.89. The molecule has 0 aliphatic carbocycles. The number of aromatic nitrogens is 3. The van der Waals surface area contributed by atoms with Gasteiger partial charge < -0.3 is 14.7 Å². The summed E-state index contributed by atoms with van der Waals surface area (Å²) >= 11 is 6.01. The minimum absolute atomic E-state index is 0.234. The Morgan fingerprint density at radius 1 is 0.950 bits per heavy atom. The Labute approximate surface area is 126 Å². The lowest BCUT2D eigenvalue weighted by atomic mass is 10.2. The van der Waals surface area contributed by atoms with Crippen molar-refractivity contribution in [1.82, 2.24) is 19.9 Å². The van der Waals surface area contributed by atoms with Gasteiger partial charge in [0.2, 0.25) is 17.2 Å². The Morgan fingerprint density at radius 3 is 2.05 bits per heavy atom. The van der Waals surface area contributed by atoms with E-state index in [0.29, 0.717) is 17.8 Å². The highest BCUT2D eigenvalue weighted by atomic mass is 35.5. The smallest absolute Gasteiger partial charge is 0.231 e. The number of likely N-dealkylation sites (N-methyl/N-ethyl adjacent to an activating group) is 1. The van der Waals surface area contributed by atoms with Gasteiger partial charge in [0.05, 0.1) is 0 Å². The second-order valence-electron chi connectivity index (χ2n) is 5.74. The zero-order chi connectivity index (χ0) is 15.3. The molecule has 0 N–H and O–H groups in total. The molecule has 0 aliphatic heterocycles. The largest absolute Gasteiger partial charge is 0.347 e. The van der Waals surface area contributed by atoms with Crippen LogP contribution in [0.15, 0.2) is 0 Å². The molecule has 1 heterocycles. The molecular formula is C13H25ClN6. The molecule has 0 spiro atoms. The second-order valence-corrected chi connectivity index (χ2v) is 6.08. The molecule has 0 unspecified atom stereocenters. The molecule has 7 heteroatoms. The van der Waals surface area contributed by atoms with Crippen molar-refractivity contribution < 1.29 is 0 Å². The lowest BCUT2D eigenvalue weighted by molar-refractivity contribution is 0.407. The molecule has 1 rings (SSSR count). The molecule has 0 saturated carbocycles. The third kappa shape index (κ3) is 5.46. The van der Waals surface area contributed by atoms with E-state index in [0.717, 1.165) is 19.6 Å². The summed E-state index contributed by atoms with van der Waals surface area (Å²) in [6.07, 6.45) is 0. The number of hydrogen-bond donors (Lipinski definition) is 0. The van der Waals surface area contributed by atoms with Crippen molar-refractivity contribution in [3.05, 3.63) is 5.28 Å². The second kappa shape index (κ2) is 7.59. The number of halogens is 1. The van der Waals surface area contributed by atoms with Crippen LogP contribution in [0.2, 0.25) is 5.28 Å². The van der Waals surface area contributed by atoms with Crippen LogP contribution in [0.25, 0.3) is 0 Å². The van der Waals surface area contributed by atoms with Crippen LogP contribution in [0, 0.1) is 5.92 Å². The van der Waals surface area contributed by atoms with Crippen LogP contribution in [0.1, 0.15) is 13.8 Å². The molecule has 0 radical (unpaired) electrons. The highest BCUT2D eigenvalue weighted by Crippen LogP contribution is 2.16. The van der Waals surface area contributed by atoms with E-state index < -0.39 is 0 Å². The molecule has 0 amide bonds. The molecule has 6 nitrogen and oxygen atoms in total.